The van der Waals surface area contributed by atoms with Gasteiger partial charge in [0, 0.05) is 19.0 Å². The SMILES string of the molecule is OCCCNC(c1ccncc1)c1cccc(C(F)(F)F)c1. The summed E-state index contributed by atoms with van der Waals surface area (Å²) in [5.41, 5.74) is 0.680. The average Bonchev–Trinajstić information content (AvgIpc) is 2.52. The summed E-state index contributed by atoms with van der Waals surface area (Å²) in [5.74, 6) is 0. The smallest absolute Gasteiger partial charge is 0.396 e. The Hall–Kier alpha value is -1.92. The van der Waals surface area contributed by atoms with E-state index in [0.29, 0.717) is 18.5 Å². The monoisotopic (exact) mass is 310 g/mol. The van der Waals surface area contributed by atoms with Gasteiger partial charge in [0.25, 0.3) is 0 Å². The molecule has 2 rings (SSSR count). The number of hydrogen-bond acceptors (Lipinski definition) is 3. The Bertz CT molecular complexity index is 587. The number of aliphatic hydroxyl groups excluding tert-OH is 1. The predicted molar refractivity (Wildman–Crippen MR) is 77.2 cm³/mol. The first-order chi connectivity index (χ1) is 10.5. The lowest BCUT2D eigenvalue weighted by atomic mass is 9.97. The van der Waals surface area contributed by atoms with E-state index in [4.69, 9.17) is 5.11 Å². The molecular formula is C16H17F3N2O. The number of rotatable bonds is 6. The molecule has 0 radical (unpaired) electrons. The van der Waals surface area contributed by atoms with Crippen LogP contribution >= 0.6 is 0 Å². The zero-order valence-corrected chi connectivity index (χ0v) is 11.8. The lowest BCUT2D eigenvalue weighted by Gasteiger charge is -2.20. The van der Waals surface area contributed by atoms with Crippen molar-refractivity contribution >= 4 is 0 Å². The van der Waals surface area contributed by atoms with Crippen LogP contribution in [-0.2, 0) is 6.18 Å². The highest BCUT2D eigenvalue weighted by Crippen LogP contribution is 2.32. The third-order valence-corrected chi connectivity index (χ3v) is 3.27. The van der Waals surface area contributed by atoms with E-state index in [9.17, 15) is 13.2 Å². The van der Waals surface area contributed by atoms with Gasteiger partial charge in [-0.2, -0.15) is 13.2 Å². The number of pyridine rings is 1. The molecule has 118 valence electrons. The van der Waals surface area contributed by atoms with Gasteiger partial charge < -0.3 is 10.4 Å². The topological polar surface area (TPSA) is 45.1 Å². The minimum atomic E-state index is -4.37. The number of nitrogens with one attached hydrogen (secondary N) is 1. The van der Waals surface area contributed by atoms with Crippen molar-refractivity contribution in [1.29, 1.82) is 0 Å². The number of benzene rings is 1. The van der Waals surface area contributed by atoms with Crippen LogP contribution in [-0.4, -0.2) is 23.2 Å². The van der Waals surface area contributed by atoms with Crippen LogP contribution in [0, 0.1) is 0 Å². The Morgan fingerprint density at radius 1 is 1.09 bits per heavy atom. The first-order valence-corrected chi connectivity index (χ1v) is 6.93. The maximum Gasteiger partial charge on any atom is 0.416 e. The zero-order chi connectivity index (χ0) is 16.0. The lowest BCUT2D eigenvalue weighted by molar-refractivity contribution is -0.137. The maximum atomic E-state index is 12.9. The lowest BCUT2D eigenvalue weighted by Crippen LogP contribution is -2.24. The molecule has 0 bridgehead atoms. The van der Waals surface area contributed by atoms with Gasteiger partial charge in [-0.05, 0) is 48.4 Å². The van der Waals surface area contributed by atoms with Crippen LogP contribution in [0.4, 0.5) is 13.2 Å². The summed E-state index contributed by atoms with van der Waals surface area (Å²) in [5, 5.41) is 12.0. The normalized spacial score (nSPS) is 13.1. The fraction of sp³-hybridized carbons (Fsp3) is 0.312. The Balaban J connectivity index is 2.32. The van der Waals surface area contributed by atoms with Crippen molar-refractivity contribution < 1.29 is 18.3 Å². The van der Waals surface area contributed by atoms with Gasteiger partial charge in [0.05, 0.1) is 11.6 Å². The second-order valence-corrected chi connectivity index (χ2v) is 4.87. The van der Waals surface area contributed by atoms with E-state index in [2.05, 4.69) is 10.3 Å². The third-order valence-electron chi connectivity index (χ3n) is 3.27. The van der Waals surface area contributed by atoms with E-state index in [-0.39, 0.29) is 12.6 Å². The predicted octanol–water partition coefficient (Wildman–Crippen LogP) is 3.16. The van der Waals surface area contributed by atoms with E-state index >= 15 is 0 Å². The van der Waals surface area contributed by atoms with E-state index < -0.39 is 11.7 Å². The summed E-state index contributed by atoms with van der Waals surface area (Å²) < 4.78 is 38.6. The molecule has 0 aliphatic heterocycles. The van der Waals surface area contributed by atoms with Gasteiger partial charge in [-0.15, -0.1) is 0 Å². The van der Waals surface area contributed by atoms with Crippen molar-refractivity contribution in [1.82, 2.24) is 10.3 Å². The number of alkyl halides is 3. The molecule has 6 heteroatoms. The highest BCUT2D eigenvalue weighted by atomic mass is 19.4. The van der Waals surface area contributed by atoms with Gasteiger partial charge >= 0.3 is 6.18 Å². The maximum absolute atomic E-state index is 12.9. The van der Waals surface area contributed by atoms with Crippen LogP contribution in [0.2, 0.25) is 0 Å². The minimum Gasteiger partial charge on any atom is -0.396 e. The van der Waals surface area contributed by atoms with Gasteiger partial charge in [-0.25, -0.2) is 0 Å². The number of hydrogen-bond donors (Lipinski definition) is 2. The zero-order valence-electron chi connectivity index (χ0n) is 11.8. The molecule has 0 aliphatic rings. The molecule has 2 N–H and O–H groups in total. The first kappa shape index (κ1) is 16.5. The molecule has 1 heterocycles. The summed E-state index contributed by atoms with van der Waals surface area (Å²) in [4.78, 5) is 3.93. The number of aliphatic hydroxyl groups is 1. The molecule has 0 amide bonds. The number of nitrogens with zero attached hydrogens (tertiary/aromatic N) is 1. The standard InChI is InChI=1S/C16H17F3N2O/c17-16(18,19)14-4-1-3-13(11-14)15(21-7-2-10-22)12-5-8-20-9-6-12/h1,3-6,8-9,11,15,21-22H,2,7,10H2. The molecule has 1 aromatic heterocycles. The summed E-state index contributed by atoms with van der Waals surface area (Å²) in [6, 6.07) is 8.41. The molecule has 1 atom stereocenters. The molecule has 0 fully saturated rings. The fourth-order valence-corrected chi connectivity index (χ4v) is 2.20. The molecule has 0 spiro atoms. The van der Waals surface area contributed by atoms with Crippen LogP contribution in [0.25, 0.3) is 0 Å². The first-order valence-electron chi connectivity index (χ1n) is 6.93. The second-order valence-electron chi connectivity index (χ2n) is 4.87. The number of aromatic nitrogens is 1. The van der Waals surface area contributed by atoms with Crippen LogP contribution < -0.4 is 5.32 Å². The van der Waals surface area contributed by atoms with Crippen LogP contribution in [0.15, 0.2) is 48.8 Å². The van der Waals surface area contributed by atoms with E-state index in [1.807, 2.05) is 0 Å². The Morgan fingerprint density at radius 2 is 1.82 bits per heavy atom. The van der Waals surface area contributed by atoms with Crippen molar-refractivity contribution in [3.8, 4) is 0 Å². The van der Waals surface area contributed by atoms with Gasteiger partial charge in [-0.3, -0.25) is 4.98 Å². The highest BCUT2D eigenvalue weighted by Gasteiger charge is 2.31. The molecule has 0 aliphatic carbocycles. The van der Waals surface area contributed by atoms with E-state index in [0.717, 1.165) is 17.7 Å². The largest absolute Gasteiger partial charge is 0.416 e. The Kier molecular flexibility index (Phi) is 5.51. The van der Waals surface area contributed by atoms with E-state index in [1.54, 1.807) is 30.6 Å². The summed E-state index contributed by atoms with van der Waals surface area (Å²) in [6.07, 6.45) is -0.641. The molecule has 3 nitrogen and oxygen atoms in total. The molecule has 0 saturated carbocycles. The molecular weight excluding hydrogens is 293 g/mol. The average molecular weight is 310 g/mol. The molecule has 2 aromatic rings. The fourth-order valence-electron chi connectivity index (χ4n) is 2.20. The molecule has 1 aromatic carbocycles. The summed E-state index contributed by atoms with van der Waals surface area (Å²) in [6.45, 7) is 0.526. The van der Waals surface area contributed by atoms with Crippen molar-refractivity contribution in [2.45, 2.75) is 18.6 Å². The molecule has 1 unspecified atom stereocenters. The second kappa shape index (κ2) is 7.38. The van der Waals surface area contributed by atoms with Crippen molar-refractivity contribution in [2.75, 3.05) is 13.2 Å². The summed E-state index contributed by atoms with van der Waals surface area (Å²) in [7, 11) is 0. The third kappa shape index (κ3) is 4.29. The number of halogens is 3. The highest BCUT2D eigenvalue weighted by molar-refractivity contribution is 5.34. The molecule has 22 heavy (non-hydrogen) atoms. The van der Waals surface area contributed by atoms with Crippen molar-refractivity contribution in [3.63, 3.8) is 0 Å². The van der Waals surface area contributed by atoms with Crippen LogP contribution in [0.1, 0.15) is 29.2 Å². The minimum absolute atomic E-state index is 0.0264. The van der Waals surface area contributed by atoms with Crippen LogP contribution in [0.5, 0.6) is 0 Å². The van der Waals surface area contributed by atoms with Gasteiger partial charge in [0.2, 0.25) is 0 Å². The Labute approximate surface area is 126 Å². The van der Waals surface area contributed by atoms with Gasteiger partial charge in [0.15, 0.2) is 0 Å². The molecule has 0 saturated heterocycles. The van der Waals surface area contributed by atoms with E-state index in [1.165, 1.54) is 6.07 Å². The van der Waals surface area contributed by atoms with Gasteiger partial charge in [-0.1, -0.05) is 12.1 Å². The van der Waals surface area contributed by atoms with Crippen molar-refractivity contribution in [3.05, 3.63) is 65.5 Å². The van der Waals surface area contributed by atoms with Gasteiger partial charge in [0.1, 0.15) is 0 Å². The quantitative estimate of drug-likeness (QED) is 0.806. The van der Waals surface area contributed by atoms with Crippen molar-refractivity contribution in [2.24, 2.45) is 0 Å². The summed E-state index contributed by atoms with van der Waals surface area (Å²) >= 11 is 0. The Morgan fingerprint density at radius 3 is 2.45 bits per heavy atom. The van der Waals surface area contributed by atoms with Crippen LogP contribution in [0.3, 0.4) is 0 Å².